The number of hydrogen-bond donors (Lipinski definition) is 0. The third-order valence-corrected chi connectivity index (χ3v) is 8.07. The molecule has 2 fully saturated rings. The van der Waals surface area contributed by atoms with Gasteiger partial charge in [0.2, 0.25) is 5.82 Å². The molecule has 7 heteroatoms. The lowest BCUT2D eigenvalue weighted by molar-refractivity contribution is -0.274. The van der Waals surface area contributed by atoms with E-state index in [0.29, 0.717) is 5.56 Å². The summed E-state index contributed by atoms with van der Waals surface area (Å²) >= 11 is 0. The van der Waals surface area contributed by atoms with Crippen molar-refractivity contribution in [2.24, 2.45) is 17.8 Å². The van der Waals surface area contributed by atoms with Crippen LogP contribution >= 0.6 is 0 Å². The number of benzene rings is 2. The highest BCUT2D eigenvalue weighted by Gasteiger charge is 2.32. The Hall–Kier alpha value is -2.31. The Morgan fingerprint density at radius 1 is 0.833 bits per heavy atom. The topological polar surface area (TPSA) is 18.5 Å². The molecule has 0 unspecified atom stereocenters. The molecule has 0 saturated heterocycles. The van der Waals surface area contributed by atoms with Gasteiger partial charge in [0.05, 0.1) is 0 Å². The minimum absolute atomic E-state index is 0.0977. The highest BCUT2D eigenvalue weighted by atomic mass is 19.4. The summed E-state index contributed by atoms with van der Waals surface area (Å²) in [6.07, 6.45) is 7.35. The van der Waals surface area contributed by atoms with Crippen LogP contribution in [0.25, 0.3) is 0 Å². The predicted molar refractivity (Wildman–Crippen MR) is 129 cm³/mol. The van der Waals surface area contributed by atoms with E-state index in [1.54, 1.807) is 6.07 Å². The Balaban J connectivity index is 1.33. The van der Waals surface area contributed by atoms with Gasteiger partial charge in [0, 0.05) is 0 Å². The van der Waals surface area contributed by atoms with Crippen molar-refractivity contribution in [2.75, 3.05) is 0 Å². The average Bonchev–Trinajstić information content (AvgIpc) is 2.86. The first kappa shape index (κ1) is 26.7. The van der Waals surface area contributed by atoms with E-state index >= 15 is 0 Å². The van der Waals surface area contributed by atoms with Gasteiger partial charge in [-0.15, -0.1) is 13.2 Å². The van der Waals surface area contributed by atoms with Crippen LogP contribution in [0.3, 0.4) is 0 Å². The van der Waals surface area contributed by atoms with Gasteiger partial charge in [-0.05, 0) is 97.6 Å². The van der Waals surface area contributed by atoms with Crippen LogP contribution in [0.15, 0.2) is 36.4 Å². The Bertz CT molecular complexity index is 972. The first-order valence-electron chi connectivity index (χ1n) is 13.2. The van der Waals surface area contributed by atoms with Crippen LogP contribution in [0.2, 0.25) is 0 Å². The molecule has 4 rings (SSSR count). The van der Waals surface area contributed by atoms with Gasteiger partial charge in [0.1, 0.15) is 12.4 Å². The Morgan fingerprint density at radius 3 is 2.03 bits per heavy atom. The zero-order chi connectivity index (χ0) is 25.7. The summed E-state index contributed by atoms with van der Waals surface area (Å²) in [6, 6.07) is 7.99. The maximum atomic E-state index is 14.4. The molecule has 2 aliphatic carbocycles. The van der Waals surface area contributed by atoms with E-state index in [1.165, 1.54) is 56.7 Å². The molecule has 2 saturated carbocycles. The fourth-order valence-corrected chi connectivity index (χ4v) is 6.15. The highest BCUT2D eigenvalue weighted by Crippen LogP contribution is 2.45. The van der Waals surface area contributed by atoms with E-state index in [4.69, 9.17) is 4.74 Å². The molecule has 2 nitrogen and oxygen atoms in total. The zero-order valence-electron chi connectivity index (χ0n) is 20.8. The number of hydrogen-bond acceptors (Lipinski definition) is 2. The second kappa shape index (κ2) is 11.8. The van der Waals surface area contributed by atoms with Crippen molar-refractivity contribution < 1.29 is 31.4 Å². The lowest BCUT2D eigenvalue weighted by atomic mass is 9.68. The second-order valence-electron chi connectivity index (χ2n) is 10.5. The quantitative estimate of drug-likeness (QED) is 0.330. The fraction of sp³-hybridized carbons (Fsp3) is 0.586. The van der Waals surface area contributed by atoms with Crippen LogP contribution in [0.5, 0.6) is 11.5 Å². The molecule has 0 spiro atoms. The molecular formula is C29H35F5O2. The van der Waals surface area contributed by atoms with Crippen molar-refractivity contribution in [2.45, 2.75) is 90.0 Å². The van der Waals surface area contributed by atoms with Gasteiger partial charge in [-0.25, -0.2) is 4.39 Å². The molecule has 0 heterocycles. The van der Waals surface area contributed by atoms with Crippen LogP contribution in [-0.4, -0.2) is 6.36 Å². The number of halogens is 5. The van der Waals surface area contributed by atoms with Gasteiger partial charge >= 0.3 is 6.36 Å². The normalized spacial score (nSPS) is 24.9. The number of ether oxygens (including phenoxy) is 2. The summed E-state index contributed by atoms with van der Waals surface area (Å²) < 4.78 is 75.2. The first-order chi connectivity index (χ1) is 17.2. The molecular weight excluding hydrogens is 475 g/mol. The molecule has 2 aromatic carbocycles. The molecule has 0 aromatic heterocycles. The van der Waals surface area contributed by atoms with Gasteiger partial charge in [0.25, 0.3) is 0 Å². The molecule has 0 N–H and O–H groups in total. The monoisotopic (exact) mass is 510 g/mol. The van der Waals surface area contributed by atoms with Crippen LogP contribution < -0.4 is 9.47 Å². The second-order valence-corrected chi connectivity index (χ2v) is 10.5. The summed E-state index contributed by atoms with van der Waals surface area (Å²) in [7, 11) is 0. The molecule has 36 heavy (non-hydrogen) atoms. The lowest BCUT2D eigenvalue weighted by Gasteiger charge is -2.38. The third kappa shape index (κ3) is 7.13. The van der Waals surface area contributed by atoms with Crippen molar-refractivity contribution >= 4 is 0 Å². The zero-order valence-corrected chi connectivity index (χ0v) is 20.8. The lowest BCUT2D eigenvalue weighted by Crippen LogP contribution is -2.25. The molecule has 198 valence electrons. The van der Waals surface area contributed by atoms with Crippen molar-refractivity contribution in [3.05, 3.63) is 59.2 Å². The van der Waals surface area contributed by atoms with Crippen molar-refractivity contribution in [1.82, 2.24) is 0 Å². The summed E-state index contributed by atoms with van der Waals surface area (Å²) in [5, 5.41) is 0. The average molecular weight is 511 g/mol. The van der Waals surface area contributed by atoms with Crippen molar-refractivity contribution in [1.29, 1.82) is 0 Å². The van der Waals surface area contributed by atoms with Crippen molar-refractivity contribution in [3.8, 4) is 11.5 Å². The van der Waals surface area contributed by atoms with Gasteiger partial charge in [-0.2, -0.15) is 4.39 Å². The maximum absolute atomic E-state index is 14.4. The Kier molecular flexibility index (Phi) is 8.78. The van der Waals surface area contributed by atoms with Crippen LogP contribution in [0, 0.1) is 29.4 Å². The molecule has 0 amide bonds. The SMILES string of the molecule is CCCC1CCC(C2CCC(c3cc(F)c(F)c(OCc4ccc(OC(F)(F)F)cc4)c3)CC2)CC1. The molecule has 0 aliphatic heterocycles. The number of alkyl halides is 3. The molecule has 0 atom stereocenters. The minimum atomic E-state index is -4.77. The summed E-state index contributed by atoms with van der Waals surface area (Å²) in [4.78, 5) is 0. The van der Waals surface area contributed by atoms with Crippen LogP contribution in [-0.2, 0) is 6.61 Å². The first-order valence-corrected chi connectivity index (χ1v) is 13.2. The van der Waals surface area contributed by atoms with Gasteiger partial charge in [0.15, 0.2) is 11.6 Å². The van der Waals surface area contributed by atoms with Gasteiger partial charge in [-0.3, -0.25) is 0 Å². The maximum Gasteiger partial charge on any atom is 0.573 e. The Morgan fingerprint density at radius 2 is 1.44 bits per heavy atom. The van der Waals surface area contributed by atoms with Gasteiger partial charge in [-0.1, -0.05) is 44.7 Å². The van der Waals surface area contributed by atoms with E-state index in [-0.39, 0.29) is 24.0 Å². The van der Waals surface area contributed by atoms with Crippen LogP contribution in [0.4, 0.5) is 22.0 Å². The molecule has 2 aromatic rings. The number of rotatable bonds is 8. The van der Waals surface area contributed by atoms with Gasteiger partial charge < -0.3 is 9.47 Å². The largest absolute Gasteiger partial charge is 0.573 e. The van der Waals surface area contributed by atoms with E-state index < -0.39 is 18.0 Å². The van der Waals surface area contributed by atoms with Crippen LogP contribution in [0.1, 0.15) is 88.2 Å². The minimum Gasteiger partial charge on any atom is -0.486 e. The van der Waals surface area contributed by atoms with E-state index in [9.17, 15) is 22.0 Å². The third-order valence-electron chi connectivity index (χ3n) is 8.07. The van der Waals surface area contributed by atoms with E-state index in [1.807, 2.05) is 0 Å². The standard InChI is InChI=1S/C29H35F5O2/c1-2-3-19-4-8-21(9-5-19)22-10-12-23(13-11-22)24-16-26(30)28(31)27(17-24)35-18-20-6-14-25(15-7-20)36-29(32,33)34/h6-7,14-17,19,21-23H,2-5,8-13,18H2,1H3. The fourth-order valence-electron chi connectivity index (χ4n) is 6.15. The molecule has 2 aliphatic rings. The highest BCUT2D eigenvalue weighted by molar-refractivity contribution is 5.34. The summed E-state index contributed by atoms with van der Waals surface area (Å²) in [5.74, 6) is 0.0985. The molecule has 0 bridgehead atoms. The Labute approximate surface area is 210 Å². The predicted octanol–water partition coefficient (Wildman–Crippen LogP) is 9.32. The van der Waals surface area contributed by atoms with E-state index in [2.05, 4.69) is 11.7 Å². The molecule has 0 radical (unpaired) electrons. The summed E-state index contributed by atoms with van der Waals surface area (Å²) in [6.45, 7) is 2.16. The smallest absolute Gasteiger partial charge is 0.486 e. The van der Waals surface area contributed by atoms with E-state index in [0.717, 1.165) is 61.1 Å². The summed E-state index contributed by atoms with van der Waals surface area (Å²) in [5.41, 5.74) is 1.27. The van der Waals surface area contributed by atoms with Crippen molar-refractivity contribution in [3.63, 3.8) is 0 Å².